The smallest absolute Gasteiger partial charge is 0.265 e. The topological polar surface area (TPSA) is 55.1 Å². The van der Waals surface area contributed by atoms with Crippen LogP contribution < -0.4 is 11.1 Å². The number of carbonyl (C=O) groups is 1. The molecule has 1 aromatic carbocycles. The van der Waals surface area contributed by atoms with Gasteiger partial charge in [-0.1, -0.05) is 18.9 Å². The van der Waals surface area contributed by atoms with Gasteiger partial charge in [0, 0.05) is 16.3 Å². The molecule has 0 atom stereocenters. The van der Waals surface area contributed by atoms with Gasteiger partial charge in [-0.2, -0.15) is 0 Å². The fourth-order valence-corrected chi connectivity index (χ4v) is 4.06. The zero-order valence-electron chi connectivity index (χ0n) is 13.4. The maximum Gasteiger partial charge on any atom is 0.265 e. The lowest BCUT2D eigenvalue weighted by molar-refractivity contribution is 0.103. The average molecular weight is 351 g/mol. The molecule has 1 aliphatic carbocycles. The van der Waals surface area contributed by atoms with Crippen molar-refractivity contribution in [3.8, 4) is 0 Å². The van der Waals surface area contributed by atoms with Gasteiger partial charge in [-0.3, -0.25) is 4.79 Å². The summed E-state index contributed by atoms with van der Waals surface area (Å²) in [7, 11) is 0. The number of nitrogen functional groups attached to an aromatic ring is 1. The lowest BCUT2D eigenvalue weighted by atomic mass is 10.00. The highest BCUT2D eigenvalue weighted by atomic mass is 35.5. The Labute approximate surface area is 147 Å². The zero-order chi connectivity index (χ0) is 15.5. The third-order valence-electron chi connectivity index (χ3n) is 4.23. The van der Waals surface area contributed by atoms with Crippen molar-refractivity contribution in [2.75, 3.05) is 11.1 Å². The van der Waals surface area contributed by atoms with Crippen molar-refractivity contribution in [2.45, 2.75) is 45.4 Å². The molecule has 1 heterocycles. The number of nitrogens with two attached hydrogens (primary N) is 1. The Morgan fingerprint density at radius 2 is 1.87 bits per heavy atom. The van der Waals surface area contributed by atoms with Crippen LogP contribution in [-0.2, 0) is 12.8 Å². The van der Waals surface area contributed by atoms with Crippen LogP contribution in [0.2, 0.25) is 0 Å². The number of hydrogen-bond donors (Lipinski definition) is 2. The Morgan fingerprint density at radius 3 is 2.65 bits per heavy atom. The van der Waals surface area contributed by atoms with Crippen molar-refractivity contribution in [1.29, 1.82) is 0 Å². The van der Waals surface area contributed by atoms with Crippen LogP contribution in [0, 0.1) is 6.92 Å². The van der Waals surface area contributed by atoms with Gasteiger partial charge in [0.25, 0.3) is 5.91 Å². The lowest BCUT2D eigenvalue weighted by Gasteiger charge is -2.08. The van der Waals surface area contributed by atoms with Crippen molar-refractivity contribution in [3.05, 3.63) is 45.1 Å². The standard InChI is InChI=1S/C18H22N2OS.ClH/c1-12-8-9-14(19)11-15(12)20-18(21)17-10-13-6-4-2-3-5-7-16(13)22-17;/h8-11H,2-7,19H2,1H3,(H,20,21);1H. The molecule has 2 aromatic rings. The minimum absolute atomic E-state index is 0. The average Bonchev–Trinajstić information content (AvgIpc) is 2.85. The van der Waals surface area contributed by atoms with Crippen molar-refractivity contribution >= 4 is 41.0 Å². The molecule has 0 saturated carbocycles. The third kappa shape index (κ3) is 4.27. The molecule has 0 fully saturated rings. The molecule has 3 rings (SSSR count). The number of fused-ring (bicyclic) bond motifs is 1. The van der Waals surface area contributed by atoms with Crippen LogP contribution >= 0.6 is 23.7 Å². The molecular weight excluding hydrogens is 328 g/mol. The molecule has 5 heteroatoms. The maximum absolute atomic E-state index is 12.5. The lowest BCUT2D eigenvalue weighted by Crippen LogP contribution is -2.11. The van der Waals surface area contributed by atoms with Crippen LogP contribution in [0.1, 0.15) is 51.4 Å². The van der Waals surface area contributed by atoms with E-state index in [1.54, 1.807) is 11.3 Å². The van der Waals surface area contributed by atoms with Gasteiger partial charge in [-0.05, 0) is 61.9 Å². The van der Waals surface area contributed by atoms with E-state index < -0.39 is 0 Å². The number of halogens is 1. The molecule has 124 valence electrons. The van der Waals surface area contributed by atoms with E-state index in [1.807, 2.05) is 25.1 Å². The first-order valence-corrected chi connectivity index (χ1v) is 8.74. The Balaban J connectivity index is 0.00000192. The number of hydrogen-bond acceptors (Lipinski definition) is 3. The number of thiophene rings is 1. The van der Waals surface area contributed by atoms with Crippen molar-refractivity contribution in [2.24, 2.45) is 0 Å². The first-order valence-electron chi connectivity index (χ1n) is 7.92. The summed E-state index contributed by atoms with van der Waals surface area (Å²) < 4.78 is 0. The second-order valence-electron chi connectivity index (χ2n) is 6.00. The van der Waals surface area contributed by atoms with E-state index in [0.717, 1.165) is 29.0 Å². The van der Waals surface area contributed by atoms with E-state index in [4.69, 9.17) is 5.73 Å². The number of benzene rings is 1. The summed E-state index contributed by atoms with van der Waals surface area (Å²) in [5, 5.41) is 3.00. The van der Waals surface area contributed by atoms with E-state index in [0.29, 0.717) is 5.69 Å². The van der Waals surface area contributed by atoms with E-state index in [2.05, 4.69) is 11.4 Å². The Morgan fingerprint density at radius 1 is 1.13 bits per heavy atom. The van der Waals surface area contributed by atoms with E-state index >= 15 is 0 Å². The van der Waals surface area contributed by atoms with Crippen LogP contribution in [0.4, 0.5) is 11.4 Å². The fourth-order valence-electron chi connectivity index (χ4n) is 2.91. The van der Waals surface area contributed by atoms with Crippen LogP contribution in [-0.4, -0.2) is 5.91 Å². The molecule has 0 spiro atoms. The number of aryl methyl sites for hydroxylation is 3. The largest absolute Gasteiger partial charge is 0.399 e. The molecule has 1 aromatic heterocycles. The van der Waals surface area contributed by atoms with Gasteiger partial charge in [0.2, 0.25) is 0 Å². The summed E-state index contributed by atoms with van der Waals surface area (Å²) in [5.41, 5.74) is 9.67. The van der Waals surface area contributed by atoms with Gasteiger partial charge < -0.3 is 11.1 Å². The molecule has 0 bridgehead atoms. The highest BCUT2D eigenvalue weighted by Gasteiger charge is 2.16. The van der Waals surface area contributed by atoms with Gasteiger partial charge in [-0.25, -0.2) is 0 Å². The SMILES string of the molecule is Cc1ccc(N)cc1NC(=O)c1cc2c(s1)CCCCCC2.Cl. The van der Waals surface area contributed by atoms with E-state index in [-0.39, 0.29) is 18.3 Å². The minimum atomic E-state index is -0.0227. The molecule has 23 heavy (non-hydrogen) atoms. The molecule has 1 amide bonds. The van der Waals surface area contributed by atoms with E-state index in [1.165, 1.54) is 36.1 Å². The normalized spacial score (nSPS) is 14.1. The molecule has 0 unspecified atom stereocenters. The van der Waals surface area contributed by atoms with E-state index in [9.17, 15) is 4.79 Å². The molecule has 3 N–H and O–H groups in total. The number of rotatable bonds is 2. The monoisotopic (exact) mass is 350 g/mol. The highest BCUT2D eigenvalue weighted by Crippen LogP contribution is 2.29. The number of amides is 1. The molecule has 0 aliphatic heterocycles. The van der Waals surface area contributed by atoms with Gasteiger partial charge in [0.1, 0.15) is 0 Å². The van der Waals surface area contributed by atoms with Crippen LogP contribution in [0.25, 0.3) is 0 Å². The Kier molecular flexibility index (Phi) is 6.08. The van der Waals surface area contributed by atoms with Crippen molar-refractivity contribution < 1.29 is 4.79 Å². The molecule has 0 saturated heterocycles. The second-order valence-corrected chi connectivity index (χ2v) is 7.14. The second kappa shape index (κ2) is 7.84. The van der Waals surface area contributed by atoms with Crippen molar-refractivity contribution in [3.63, 3.8) is 0 Å². The zero-order valence-corrected chi connectivity index (χ0v) is 15.0. The van der Waals surface area contributed by atoms with Crippen LogP contribution in [0.3, 0.4) is 0 Å². The maximum atomic E-state index is 12.5. The van der Waals surface area contributed by atoms with Gasteiger partial charge in [-0.15, -0.1) is 23.7 Å². The molecule has 1 aliphatic rings. The summed E-state index contributed by atoms with van der Waals surface area (Å²) in [4.78, 5) is 14.7. The van der Waals surface area contributed by atoms with Crippen LogP contribution in [0.15, 0.2) is 24.3 Å². The molecular formula is C18H23ClN2OS. The quantitative estimate of drug-likeness (QED) is 0.751. The Hall–Kier alpha value is -1.52. The summed E-state index contributed by atoms with van der Waals surface area (Å²) in [6.07, 6.45) is 7.31. The van der Waals surface area contributed by atoms with Crippen LogP contribution in [0.5, 0.6) is 0 Å². The number of nitrogens with one attached hydrogen (secondary N) is 1. The summed E-state index contributed by atoms with van der Waals surface area (Å²) in [6, 6.07) is 7.68. The Bertz CT molecular complexity index is 671. The first kappa shape index (κ1) is 17.8. The summed E-state index contributed by atoms with van der Waals surface area (Å²) >= 11 is 1.65. The summed E-state index contributed by atoms with van der Waals surface area (Å²) in [6.45, 7) is 1.98. The summed E-state index contributed by atoms with van der Waals surface area (Å²) in [5.74, 6) is -0.0227. The van der Waals surface area contributed by atoms with Crippen molar-refractivity contribution in [1.82, 2.24) is 0 Å². The highest BCUT2D eigenvalue weighted by molar-refractivity contribution is 7.14. The third-order valence-corrected chi connectivity index (χ3v) is 5.47. The predicted molar refractivity (Wildman–Crippen MR) is 101 cm³/mol. The number of carbonyl (C=O) groups excluding carboxylic acids is 1. The van der Waals surface area contributed by atoms with Gasteiger partial charge in [0.05, 0.1) is 4.88 Å². The fraction of sp³-hybridized carbons (Fsp3) is 0.389. The number of anilines is 2. The van der Waals surface area contributed by atoms with Gasteiger partial charge >= 0.3 is 0 Å². The molecule has 3 nitrogen and oxygen atoms in total. The van der Waals surface area contributed by atoms with Gasteiger partial charge in [0.15, 0.2) is 0 Å². The molecule has 0 radical (unpaired) electrons. The first-order chi connectivity index (χ1) is 10.6. The predicted octanol–water partition coefficient (Wildman–Crippen LogP) is 4.97. The minimum Gasteiger partial charge on any atom is -0.399 e.